The van der Waals surface area contributed by atoms with Crippen molar-refractivity contribution < 1.29 is 19.8 Å². The number of aliphatic hydroxyl groups is 1. The van der Waals surface area contributed by atoms with Crippen LogP contribution in [0.15, 0.2) is 10.6 Å². The maximum absolute atomic E-state index is 12.4. The lowest BCUT2D eigenvalue weighted by atomic mass is 9.81. The molecule has 4 rings (SSSR count). The number of fused-ring (bicyclic) bond motifs is 1. The molecule has 3 saturated heterocycles. The maximum atomic E-state index is 12.4. The second-order valence-corrected chi connectivity index (χ2v) is 9.60. The van der Waals surface area contributed by atoms with E-state index in [0.29, 0.717) is 0 Å². The number of β-lactam (4-membered cyclic amide) rings is 1. The summed E-state index contributed by atoms with van der Waals surface area (Å²) >= 11 is 1.60. The highest BCUT2D eigenvalue weighted by molar-refractivity contribution is 8.03. The van der Waals surface area contributed by atoms with Crippen LogP contribution in [0, 0.1) is 17.8 Å². The van der Waals surface area contributed by atoms with Crippen molar-refractivity contribution >= 4 is 23.6 Å². The van der Waals surface area contributed by atoms with E-state index in [4.69, 9.17) is 0 Å². The van der Waals surface area contributed by atoms with Crippen LogP contribution < -0.4 is 10.6 Å². The summed E-state index contributed by atoms with van der Waals surface area (Å²) in [5.41, 5.74) is 0.191. The van der Waals surface area contributed by atoms with Crippen molar-refractivity contribution in [2.45, 2.75) is 56.5 Å². The largest absolute Gasteiger partial charge is 0.477 e. The van der Waals surface area contributed by atoms with Gasteiger partial charge in [0, 0.05) is 41.1 Å². The van der Waals surface area contributed by atoms with Crippen LogP contribution in [0.3, 0.4) is 0 Å². The number of carboxylic acid groups (broad SMARTS) is 1. The number of carbonyl (C=O) groups excluding carboxylic acids is 1. The number of hydrogen-bond acceptors (Lipinski definition) is 6. The number of nitrogens with zero attached hydrogens (tertiary/aromatic N) is 1. The van der Waals surface area contributed by atoms with Crippen molar-refractivity contribution in [3.8, 4) is 0 Å². The number of aliphatic hydroxyl groups excluding tert-OH is 1. The van der Waals surface area contributed by atoms with Gasteiger partial charge in [-0.2, -0.15) is 0 Å². The summed E-state index contributed by atoms with van der Waals surface area (Å²) in [6.45, 7) is 6.61. The van der Waals surface area contributed by atoms with Crippen LogP contribution in [0.2, 0.25) is 0 Å². The Morgan fingerprint density at radius 1 is 1.41 bits per heavy atom. The zero-order valence-corrected chi connectivity index (χ0v) is 16.7. The predicted molar refractivity (Wildman–Crippen MR) is 103 cm³/mol. The first-order valence-corrected chi connectivity index (χ1v) is 10.9. The number of thioether (sulfide) groups is 1. The smallest absolute Gasteiger partial charge is 0.353 e. The van der Waals surface area contributed by atoms with E-state index in [1.165, 1.54) is 4.90 Å². The lowest BCUT2D eigenvalue weighted by Gasteiger charge is -2.44. The Bertz CT molecular complexity index is 663. The molecule has 0 aromatic carbocycles. The number of amides is 1. The van der Waals surface area contributed by atoms with Gasteiger partial charge in [0.15, 0.2) is 0 Å². The molecule has 0 radical (unpaired) electrons. The van der Waals surface area contributed by atoms with E-state index in [-0.39, 0.29) is 52.8 Å². The first kappa shape index (κ1) is 19.2. The van der Waals surface area contributed by atoms with E-state index in [2.05, 4.69) is 10.6 Å². The van der Waals surface area contributed by atoms with Gasteiger partial charge >= 0.3 is 5.97 Å². The molecule has 8 heteroatoms. The SMILES string of the molecule is CCC1C(=O)N2C(C(=O)O)=C(SC3CNC([C@H](O)C4CCNC4)C3)C(C)[C@H]12. The zero-order valence-electron chi connectivity index (χ0n) is 15.9. The van der Waals surface area contributed by atoms with Gasteiger partial charge in [0.1, 0.15) is 5.70 Å². The molecule has 5 unspecified atom stereocenters. The Morgan fingerprint density at radius 2 is 2.19 bits per heavy atom. The highest BCUT2D eigenvalue weighted by Gasteiger charge is 2.58. The van der Waals surface area contributed by atoms with E-state index >= 15 is 0 Å². The Morgan fingerprint density at radius 3 is 2.81 bits per heavy atom. The third-order valence-corrected chi connectivity index (χ3v) is 8.23. The summed E-state index contributed by atoms with van der Waals surface area (Å²) in [5, 5.41) is 27.3. The molecule has 0 spiro atoms. The number of hydrogen-bond donors (Lipinski definition) is 4. The van der Waals surface area contributed by atoms with Crippen molar-refractivity contribution in [2.24, 2.45) is 17.8 Å². The van der Waals surface area contributed by atoms with Gasteiger partial charge < -0.3 is 25.7 Å². The molecule has 0 bridgehead atoms. The molecular formula is C19H29N3O4S. The molecule has 0 aromatic heterocycles. The minimum absolute atomic E-state index is 0.00332. The summed E-state index contributed by atoms with van der Waals surface area (Å²) in [7, 11) is 0. The minimum Gasteiger partial charge on any atom is -0.477 e. The molecule has 0 aliphatic carbocycles. The van der Waals surface area contributed by atoms with E-state index in [1.54, 1.807) is 11.8 Å². The number of carbonyl (C=O) groups is 2. The van der Waals surface area contributed by atoms with Gasteiger partial charge in [-0.05, 0) is 25.8 Å². The quantitative estimate of drug-likeness (QED) is 0.489. The first-order chi connectivity index (χ1) is 12.9. The first-order valence-electron chi connectivity index (χ1n) is 10.0. The molecule has 4 aliphatic heterocycles. The van der Waals surface area contributed by atoms with Gasteiger partial charge in [0.25, 0.3) is 0 Å². The molecular weight excluding hydrogens is 366 g/mol. The molecule has 4 aliphatic rings. The summed E-state index contributed by atoms with van der Waals surface area (Å²) in [5.74, 6) is -0.760. The molecule has 0 saturated carbocycles. The number of rotatable bonds is 6. The van der Waals surface area contributed by atoms with Crippen LogP contribution in [-0.2, 0) is 9.59 Å². The van der Waals surface area contributed by atoms with Crippen LogP contribution >= 0.6 is 11.8 Å². The van der Waals surface area contributed by atoms with Crippen LogP contribution in [-0.4, -0.2) is 70.1 Å². The predicted octanol–water partition coefficient (Wildman–Crippen LogP) is 0.603. The Hall–Kier alpha value is -1.09. The maximum Gasteiger partial charge on any atom is 0.353 e. The highest BCUT2D eigenvalue weighted by atomic mass is 32.2. The molecule has 4 heterocycles. The van der Waals surface area contributed by atoms with E-state index in [1.807, 2.05) is 13.8 Å². The van der Waals surface area contributed by atoms with E-state index in [0.717, 1.165) is 43.8 Å². The van der Waals surface area contributed by atoms with Gasteiger partial charge in [-0.1, -0.05) is 13.8 Å². The van der Waals surface area contributed by atoms with Gasteiger partial charge in [-0.3, -0.25) is 4.79 Å². The standard InChI is InChI=1S/C19H29N3O4S/c1-3-12-14-9(2)17(15(19(25)26)22(14)18(12)24)27-11-6-13(21-8-11)16(23)10-4-5-20-7-10/h9-14,16,20-21,23H,3-8H2,1-2H3,(H,25,26)/t9?,10?,11?,12?,13?,14-,16-/m1/s1. The number of aliphatic carboxylic acids is 1. The van der Waals surface area contributed by atoms with Gasteiger partial charge in [-0.15, -0.1) is 11.8 Å². The third-order valence-electron chi connectivity index (χ3n) is 6.72. The van der Waals surface area contributed by atoms with Crippen molar-refractivity contribution in [2.75, 3.05) is 19.6 Å². The van der Waals surface area contributed by atoms with Crippen molar-refractivity contribution in [3.63, 3.8) is 0 Å². The lowest BCUT2D eigenvalue weighted by Crippen LogP contribution is -2.60. The molecule has 4 N–H and O–H groups in total. The third kappa shape index (κ3) is 3.10. The Balaban J connectivity index is 1.46. The van der Waals surface area contributed by atoms with Crippen molar-refractivity contribution in [1.82, 2.24) is 15.5 Å². The average molecular weight is 396 g/mol. The molecule has 1 amide bonds. The van der Waals surface area contributed by atoms with Crippen LogP contribution in [0.25, 0.3) is 0 Å². The van der Waals surface area contributed by atoms with Crippen molar-refractivity contribution in [3.05, 3.63) is 10.6 Å². The summed E-state index contributed by atoms with van der Waals surface area (Å²) in [6, 6.07) is 0.0523. The average Bonchev–Trinajstić information content (AvgIpc) is 3.36. The fourth-order valence-electron chi connectivity index (χ4n) is 5.24. The van der Waals surface area contributed by atoms with E-state index < -0.39 is 5.97 Å². The number of carboxylic acids is 1. The Kier molecular flexibility index (Phi) is 5.26. The van der Waals surface area contributed by atoms with Crippen molar-refractivity contribution in [1.29, 1.82) is 0 Å². The highest BCUT2D eigenvalue weighted by Crippen LogP contribution is 2.51. The number of nitrogens with one attached hydrogen (secondary N) is 2. The molecule has 7 nitrogen and oxygen atoms in total. The minimum atomic E-state index is -1.01. The molecule has 3 fully saturated rings. The lowest BCUT2D eigenvalue weighted by molar-refractivity contribution is -0.156. The van der Waals surface area contributed by atoms with E-state index in [9.17, 15) is 19.8 Å². The van der Waals surface area contributed by atoms with Crippen LogP contribution in [0.5, 0.6) is 0 Å². The summed E-state index contributed by atoms with van der Waals surface area (Å²) < 4.78 is 0. The van der Waals surface area contributed by atoms with Gasteiger partial charge in [-0.25, -0.2) is 4.79 Å². The van der Waals surface area contributed by atoms with Gasteiger partial charge in [0.05, 0.1) is 18.1 Å². The van der Waals surface area contributed by atoms with Gasteiger partial charge in [0.2, 0.25) is 5.91 Å². The summed E-state index contributed by atoms with van der Waals surface area (Å²) in [4.78, 5) is 26.6. The Labute approximate surface area is 163 Å². The van der Waals surface area contributed by atoms with Crippen LogP contribution in [0.4, 0.5) is 0 Å². The fourth-order valence-corrected chi connectivity index (χ4v) is 6.73. The normalized spacial score (nSPS) is 39.7. The second-order valence-electron chi connectivity index (χ2n) is 8.25. The topological polar surface area (TPSA) is 102 Å². The summed E-state index contributed by atoms with van der Waals surface area (Å²) in [6.07, 6.45) is 2.20. The fraction of sp³-hybridized carbons (Fsp3) is 0.789. The van der Waals surface area contributed by atoms with Crippen LogP contribution in [0.1, 0.15) is 33.1 Å². The zero-order chi connectivity index (χ0) is 19.3. The monoisotopic (exact) mass is 395 g/mol. The second kappa shape index (κ2) is 7.39. The molecule has 7 atom stereocenters. The molecule has 27 heavy (non-hydrogen) atoms. The molecule has 150 valence electrons. The molecule has 0 aromatic rings.